The molecule has 0 aromatic heterocycles. The number of β-lactam (4-membered cyclic amide) rings is 1. The normalized spacial score (nSPS) is 21.1. The van der Waals surface area contributed by atoms with Crippen molar-refractivity contribution in [2.24, 2.45) is 5.11 Å². The number of nitrogens with one attached hydrogen (secondary N) is 2. The van der Waals surface area contributed by atoms with Gasteiger partial charge in [0.15, 0.2) is 6.17 Å². The number of hydrogen-bond donors (Lipinski definition) is 3. The van der Waals surface area contributed by atoms with Gasteiger partial charge in [0.2, 0.25) is 5.91 Å². The molecule has 16 nitrogen and oxygen atoms in total. The number of azide groups is 1. The summed E-state index contributed by atoms with van der Waals surface area (Å²) < 4.78 is 31.8. The quantitative estimate of drug-likeness (QED) is 0.102. The second-order valence-electron chi connectivity index (χ2n) is 7.35. The first kappa shape index (κ1) is 25.4. The van der Waals surface area contributed by atoms with E-state index in [2.05, 4.69) is 20.7 Å². The van der Waals surface area contributed by atoms with Gasteiger partial charge in [-0.1, -0.05) is 35.4 Å². The van der Waals surface area contributed by atoms with Gasteiger partial charge in [-0.05, 0) is 18.0 Å². The Bertz CT molecular complexity index is 1220. The van der Waals surface area contributed by atoms with Gasteiger partial charge in [-0.15, -0.1) is 0 Å². The topological polar surface area (TPSA) is 222 Å². The Hall–Kier alpha value is -4.21. The number of likely N-dealkylation sites (N-methyl/N-ethyl adjacent to an activating group) is 1. The molecule has 1 aromatic rings. The summed E-state index contributed by atoms with van der Waals surface area (Å²) in [7, 11) is -5.06. The molecule has 3 rings (SSSR count). The van der Waals surface area contributed by atoms with Crippen molar-refractivity contribution in [2.75, 3.05) is 19.6 Å². The van der Waals surface area contributed by atoms with Crippen LogP contribution in [0.25, 0.3) is 10.4 Å². The average molecular weight is 508 g/mol. The van der Waals surface area contributed by atoms with Crippen LogP contribution in [0, 0.1) is 0 Å². The number of piperazine rings is 1. The Kier molecular flexibility index (Phi) is 7.23. The van der Waals surface area contributed by atoms with Gasteiger partial charge in [0.1, 0.15) is 12.1 Å². The first-order chi connectivity index (χ1) is 16.5. The molecule has 1 aromatic carbocycles. The molecule has 35 heavy (non-hydrogen) atoms. The molecule has 2 heterocycles. The van der Waals surface area contributed by atoms with Gasteiger partial charge in [0.25, 0.3) is 5.91 Å². The molecule has 3 N–H and O–H groups in total. The molecule has 0 bridgehead atoms. The monoisotopic (exact) mass is 508 g/mol. The van der Waals surface area contributed by atoms with Crippen LogP contribution in [0.1, 0.15) is 18.5 Å². The summed E-state index contributed by atoms with van der Waals surface area (Å²) in [6, 6.07) is 3.46. The summed E-state index contributed by atoms with van der Waals surface area (Å²) >= 11 is 0. The zero-order valence-electron chi connectivity index (χ0n) is 18.1. The van der Waals surface area contributed by atoms with E-state index in [1.165, 1.54) is 17.0 Å². The first-order valence-electron chi connectivity index (χ1n) is 10.1. The number of urea groups is 1. The third-order valence-corrected chi connectivity index (χ3v) is 6.23. The highest BCUT2D eigenvalue weighted by molar-refractivity contribution is 7.84. The summed E-state index contributed by atoms with van der Waals surface area (Å²) in [5.41, 5.74) is 8.89. The van der Waals surface area contributed by atoms with Gasteiger partial charge in [-0.25, -0.2) is 9.10 Å². The van der Waals surface area contributed by atoms with E-state index in [9.17, 15) is 32.4 Å². The Labute approximate surface area is 198 Å². The van der Waals surface area contributed by atoms with Crippen LogP contribution in [0.15, 0.2) is 35.4 Å². The molecule has 0 aliphatic carbocycles. The number of rotatable bonds is 7. The predicted octanol–water partition coefficient (Wildman–Crippen LogP) is -1.11. The van der Waals surface area contributed by atoms with Crippen LogP contribution in [-0.4, -0.2) is 88.6 Å². The Morgan fingerprint density at radius 3 is 2.43 bits per heavy atom. The first-order valence-corrected chi connectivity index (χ1v) is 11.5. The lowest BCUT2D eigenvalue weighted by atomic mass is 10.0. The van der Waals surface area contributed by atoms with Gasteiger partial charge in [0.05, 0.1) is 0 Å². The molecule has 3 atom stereocenters. The maximum absolute atomic E-state index is 13.0. The fourth-order valence-corrected chi connectivity index (χ4v) is 4.33. The van der Waals surface area contributed by atoms with Crippen LogP contribution in [-0.2, 0) is 29.5 Å². The predicted molar refractivity (Wildman–Crippen MR) is 115 cm³/mol. The van der Waals surface area contributed by atoms with E-state index in [0.717, 1.165) is 0 Å². The summed E-state index contributed by atoms with van der Waals surface area (Å²) in [4.78, 5) is 66.8. The van der Waals surface area contributed by atoms with Crippen molar-refractivity contribution in [3.8, 4) is 0 Å². The summed E-state index contributed by atoms with van der Waals surface area (Å²) in [5.74, 6) is -4.24. The fraction of sp³-hybridized carbons (Fsp3) is 0.389. The molecule has 0 saturated carbocycles. The second-order valence-corrected chi connectivity index (χ2v) is 8.64. The van der Waals surface area contributed by atoms with Crippen molar-refractivity contribution in [1.29, 1.82) is 0 Å². The molecule has 0 radical (unpaired) electrons. The lowest BCUT2D eigenvalue weighted by Crippen LogP contribution is -2.71. The van der Waals surface area contributed by atoms with Crippen molar-refractivity contribution in [1.82, 2.24) is 24.7 Å². The standard InChI is InChI=1S/C18H20N8O8S/c1-2-24-8-9-25(17(30)16(24)29)18(31)21-11(10-6-4-3-5-7-10)14(27)20-12-13(22-23-19)26(15(12)28)35(32,33)34/h3-7,11-13H,2,8-9H2,1H3,(H,20,27)(H,21,31)(H,32,33,34)/t11?,12-,13+/m0/s1. The van der Waals surface area contributed by atoms with Gasteiger partial charge in [-0.3, -0.25) is 28.6 Å². The molecule has 186 valence electrons. The second kappa shape index (κ2) is 9.96. The largest absolute Gasteiger partial charge is 0.362 e. The van der Waals surface area contributed by atoms with Crippen molar-refractivity contribution >= 4 is 40.0 Å². The minimum absolute atomic E-state index is 0.104. The molecule has 17 heteroatoms. The van der Waals surface area contributed by atoms with Crippen molar-refractivity contribution < 1.29 is 36.9 Å². The molecule has 6 amide bonds. The van der Waals surface area contributed by atoms with Crippen molar-refractivity contribution in [3.63, 3.8) is 0 Å². The van der Waals surface area contributed by atoms with Crippen molar-refractivity contribution in [2.45, 2.75) is 25.2 Å². The number of imide groups is 1. The molecular formula is C18H20N8O8S. The smallest absolute Gasteiger partial charge is 0.340 e. The van der Waals surface area contributed by atoms with E-state index in [1.807, 2.05) is 0 Å². The van der Waals surface area contributed by atoms with Crippen LogP contribution < -0.4 is 10.6 Å². The molecule has 2 fully saturated rings. The molecule has 1 unspecified atom stereocenters. The van der Waals surface area contributed by atoms with E-state index in [0.29, 0.717) is 4.90 Å². The van der Waals surface area contributed by atoms with Crippen LogP contribution in [0.4, 0.5) is 4.79 Å². The fourth-order valence-electron chi connectivity index (χ4n) is 3.55. The van der Waals surface area contributed by atoms with Crippen LogP contribution in [0.2, 0.25) is 0 Å². The van der Waals surface area contributed by atoms with Crippen LogP contribution >= 0.6 is 0 Å². The molecule has 2 aliphatic rings. The van der Waals surface area contributed by atoms with Gasteiger partial charge < -0.3 is 15.5 Å². The van der Waals surface area contributed by atoms with E-state index in [1.54, 1.807) is 25.1 Å². The number of amides is 6. The minimum Gasteiger partial charge on any atom is -0.340 e. The number of nitrogens with zero attached hydrogens (tertiary/aromatic N) is 6. The zero-order chi connectivity index (χ0) is 25.9. The number of benzene rings is 1. The molecule has 0 spiro atoms. The van der Waals surface area contributed by atoms with Crippen molar-refractivity contribution in [3.05, 3.63) is 46.3 Å². The van der Waals surface area contributed by atoms with E-state index in [4.69, 9.17) is 10.1 Å². The van der Waals surface area contributed by atoms with Crippen LogP contribution in [0.3, 0.4) is 0 Å². The zero-order valence-corrected chi connectivity index (χ0v) is 19.0. The Morgan fingerprint density at radius 2 is 1.86 bits per heavy atom. The van der Waals surface area contributed by atoms with E-state index < -0.39 is 58.2 Å². The summed E-state index contributed by atoms with van der Waals surface area (Å²) in [6.45, 7) is 1.94. The molecule has 2 aliphatic heterocycles. The summed E-state index contributed by atoms with van der Waals surface area (Å²) in [6.07, 6.45) is -1.78. The highest BCUT2D eigenvalue weighted by Crippen LogP contribution is 2.26. The third-order valence-electron chi connectivity index (χ3n) is 5.34. The van der Waals surface area contributed by atoms with Gasteiger partial charge >= 0.3 is 28.1 Å². The third kappa shape index (κ3) is 5.01. The number of hydrogen-bond acceptors (Lipinski definition) is 8. The van der Waals surface area contributed by atoms with Crippen LogP contribution in [0.5, 0.6) is 0 Å². The SMILES string of the molecule is CCN1CCN(C(=O)NC(C(=O)N[C@@H]2C(=O)N(S(=O)(=O)O)[C@H]2N=[N+]=[N-])c2ccccc2)C(=O)C1=O. The maximum Gasteiger partial charge on any atom is 0.362 e. The Balaban J connectivity index is 1.82. The molecular weight excluding hydrogens is 488 g/mol. The summed E-state index contributed by atoms with van der Waals surface area (Å²) in [5, 5.41) is 7.62. The van der Waals surface area contributed by atoms with E-state index >= 15 is 0 Å². The molecule has 2 saturated heterocycles. The van der Waals surface area contributed by atoms with Gasteiger partial charge in [-0.2, -0.15) is 8.42 Å². The maximum atomic E-state index is 13.0. The van der Waals surface area contributed by atoms with Gasteiger partial charge in [0, 0.05) is 24.5 Å². The highest BCUT2D eigenvalue weighted by atomic mass is 32.2. The highest BCUT2D eigenvalue weighted by Gasteiger charge is 2.54. The Morgan fingerprint density at radius 1 is 1.20 bits per heavy atom. The average Bonchev–Trinajstić information content (AvgIpc) is 2.81. The lowest BCUT2D eigenvalue weighted by Gasteiger charge is -2.41. The van der Waals surface area contributed by atoms with E-state index in [-0.39, 0.29) is 29.5 Å². The number of carbonyl (C=O) groups is 5. The number of carbonyl (C=O) groups excluding carboxylic acids is 5. The minimum atomic E-state index is -5.06. The lowest BCUT2D eigenvalue weighted by molar-refractivity contribution is -0.153.